The molecule has 0 radical (unpaired) electrons. The summed E-state index contributed by atoms with van der Waals surface area (Å²) in [5, 5.41) is 16.1. The van der Waals surface area contributed by atoms with Gasteiger partial charge in [-0.3, -0.25) is 14.9 Å². The Bertz CT molecular complexity index is 539. The third-order valence-electron chi connectivity index (χ3n) is 2.59. The number of nitrogens with one attached hydrogen (secondary N) is 2. The Hall–Kier alpha value is -1.96. The number of aryl methyl sites for hydroxylation is 1. The van der Waals surface area contributed by atoms with Gasteiger partial charge in [0.25, 0.3) is 0 Å². The van der Waals surface area contributed by atoms with E-state index in [2.05, 4.69) is 15.6 Å². The lowest BCUT2D eigenvalue weighted by Gasteiger charge is -2.21. The second kappa shape index (κ2) is 7.16. The van der Waals surface area contributed by atoms with Crippen LogP contribution in [-0.2, 0) is 16.1 Å². The lowest BCUT2D eigenvalue weighted by molar-refractivity contribution is -0.139. The minimum atomic E-state index is -0.976. The molecule has 0 bridgehead atoms. The highest BCUT2D eigenvalue weighted by Crippen LogP contribution is 2.24. The number of rotatable bonds is 6. The van der Waals surface area contributed by atoms with Gasteiger partial charge in [-0.05, 0) is 12.3 Å². The Morgan fingerprint density at radius 1 is 1.33 bits per heavy atom. The van der Waals surface area contributed by atoms with E-state index in [1.165, 1.54) is 11.3 Å². The summed E-state index contributed by atoms with van der Waals surface area (Å²) in [5.41, 5.74) is 0.173. The maximum Gasteiger partial charge on any atom is 0.321 e. The maximum absolute atomic E-state index is 11.7. The van der Waals surface area contributed by atoms with Crippen molar-refractivity contribution in [3.8, 4) is 0 Å². The highest BCUT2D eigenvalue weighted by atomic mass is 32.1. The molecule has 0 aliphatic heterocycles. The standard InChI is InChI=1S/C13H19N3O4S/c1-8-7-21-10(15-8)6-14-12(20)16-9(17)4-13(2,3)5-11(18)19/h7H,4-6H2,1-3H3,(H,18,19)(H2,14,16,17,20). The van der Waals surface area contributed by atoms with Crippen molar-refractivity contribution in [3.63, 3.8) is 0 Å². The molecule has 0 saturated heterocycles. The number of aromatic nitrogens is 1. The molecule has 0 unspecified atom stereocenters. The number of amides is 3. The number of carbonyl (C=O) groups is 3. The first-order valence-corrected chi connectivity index (χ1v) is 7.26. The second-order valence-electron chi connectivity index (χ2n) is 5.52. The fourth-order valence-electron chi connectivity index (χ4n) is 1.76. The lowest BCUT2D eigenvalue weighted by Crippen LogP contribution is -2.40. The van der Waals surface area contributed by atoms with Crippen LogP contribution in [0.2, 0.25) is 0 Å². The van der Waals surface area contributed by atoms with E-state index in [-0.39, 0.29) is 19.4 Å². The van der Waals surface area contributed by atoms with Crippen LogP contribution >= 0.6 is 11.3 Å². The number of thiazole rings is 1. The van der Waals surface area contributed by atoms with Gasteiger partial charge < -0.3 is 10.4 Å². The molecule has 21 heavy (non-hydrogen) atoms. The number of aliphatic carboxylic acids is 1. The first-order chi connectivity index (χ1) is 9.68. The molecule has 7 nitrogen and oxygen atoms in total. The molecule has 0 aliphatic rings. The van der Waals surface area contributed by atoms with E-state index >= 15 is 0 Å². The summed E-state index contributed by atoms with van der Waals surface area (Å²) in [6.07, 6.45) is -0.177. The highest BCUT2D eigenvalue weighted by Gasteiger charge is 2.25. The summed E-state index contributed by atoms with van der Waals surface area (Å²) in [6, 6.07) is -0.612. The van der Waals surface area contributed by atoms with Crippen molar-refractivity contribution in [1.29, 1.82) is 0 Å². The Balaban J connectivity index is 2.36. The topological polar surface area (TPSA) is 108 Å². The molecule has 1 aromatic heterocycles. The summed E-state index contributed by atoms with van der Waals surface area (Å²) < 4.78 is 0. The van der Waals surface area contributed by atoms with E-state index in [0.29, 0.717) is 0 Å². The van der Waals surface area contributed by atoms with Crippen LogP contribution in [0.4, 0.5) is 4.79 Å². The number of hydrogen-bond donors (Lipinski definition) is 3. The van der Waals surface area contributed by atoms with E-state index < -0.39 is 23.3 Å². The predicted molar refractivity (Wildman–Crippen MR) is 77.9 cm³/mol. The Morgan fingerprint density at radius 3 is 2.52 bits per heavy atom. The average Bonchev–Trinajstić information content (AvgIpc) is 2.69. The molecule has 3 amide bonds. The first kappa shape index (κ1) is 17.1. The predicted octanol–water partition coefficient (Wildman–Crippen LogP) is 1.67. The zero-order valence-corrected chi connectivity index (χ0v) is 13.0. The number of carboxylic acid groups (broad SMARTS) is 1. The van der Waals surface area contributed by atoms with Crippen LogP contribution in [0, 0.1) is 12.3 Å². The van der Waals surface area contributed by atoms with Gasteiger partial charge in [-0.1, -0.05) is 13.8 Å². The van der Waals surface area contributed by atoms with Gasteiger partial charge in [0.1, 0.15) is 5.01 Å². The van der Waals surface area contributed by atoms with E-state index in [4.69, 9.17) is 5.11 Å². The summed E-state index contributed by atoms with van der Waals surface area (Å²) in [5.74, 6) is -1.48. The minimum absolute atomic E-state index is 0.0386. The van der Waals surface area contributed by atoms with Gasteiger partial charge in [-0.15, -0.1) is 11.3 Å². The normalized spacial score (nSPS) is 11.0. The van der Waals surface area contributed by atoms with Crippen LogP contribution in [0.5, 0.6) is 0 Å². The molecule has 8 heteroatoms. The van der Waals surface area contributed by atoms with Crippen molar-refractivity contribution < 1.29 is 19.5 Å². The molecule has 3 N–H and O–H groups in total. The highest BCUT2D eigenvalue weighted by molar-refractivity contribution is 7.09. The Morgan fingerprint density at radius 2 is 2.00 bits per heavy atom. The molecule has 0 aliphatic carbocycles. The first-order valence-electron chi connectivity index (χ1n) is 6.38. The molecule has 1 aromatic rings. The van der Waals surface area contributed by atoms with Crippen LogP contribution in [-0.4, -0.2) is 28.0 Å². The molecule has 116 valence electrons. The summed E-state index contributed by atoms with van der Waals surface area (Å²) in [7, 11) is 0. The van der Waals surface area contributed by atoms with Gasteiger partial charge in [0.05, 0.1) is 13.0 Å². The third kappa shape index (κ3) is 6.84. The average molecular weight is 313 g/mol. The van der Waals surface area contributed by atoms with Crippen molar-refractivity contribution in [2.24, 2.45) is 5.41 Å². The van der Waals surface area contributed by atoms with Gasteiger partial charge >= 0.3 is 12.0 Å². The van der Waals surface area contributed by atoms with Crippen molar-refractivity contribution in [3.05, 3.63) is 16.1 Å². The van der Waals surface area contributed by atoms with Crippen molar-refractivity contribution in [2.45, 2.75) is 40.2 Å². The van der Waals surface area contributed by atoms with Crippen molar-refractivity contribution in [1.82, 2.24) is 15.6 Å². The van der Waals surface area contributed by atoms with Crippen LogP contribution in [0.25, 0.3) is 0 Å². The molecular weight excluding hydrogens is 294 g/mol. The molecule has 1 heterocycles. The maximum atomic E-state index is 11.7. The second-order valence-corrected chi connectivity index (χ2v) is 6.47. The molecule has 0 saturated carbocycles. The Labute approximate surface area is 126 Å². The lowest BCUT2D eigenvalue weighted by atomic mass is 9.85. The molecule has 0 aromatic carbocycles. The summed E-state index contributed by atoms with van der Waals surface area (Å²) >= 11 is 1.42. The quantitative estimate of drug-likeness (QED) is 0.740. The van der Waals surface area contributed by atoms with E-state index in [9.17, 15) is 14.4 Å². The molecule has 0 spiro atoms. The van der Waals surface area contributed by atoms with Crippen LogP contribution < -0.4 is 10.6 Å². The minimum Gasteiger partial charge on any atom is -0.481 e. The van der Waals surface area contributed by atoms with E-state index in [0.717, 1.165) is 10.7 Å². The number of carboxylic acids is 1. The van der Waals surface area contributed by atoms with Crippen molar-refractivity contribution >= 4 is 29.2 Å². The number of nitrogens with zero attached hydrogens (tertiary/aromatic N) is 1. The third-order valence-corrected chi connectivity index (χ3v) is 3.56. The number of carbonyl (C=O) groups excluding carboxylic acids is 2. The zero-order valence-electron chi connectivity index (χ0n) is 12.2. The van der Waals surface area contributed by atoms with Crippen molar-refractivity contribution in [2.75, 3.05) is 0 Å². The van der Waals surface area contributed by atoms with Crippen LogP contribution in [0.3, 0.4) is 0 Å². The van der Waals surface area contributed by atoms with E-state index in [1.807, 2.05) is 12.3 Å². The summed E-state index contributed by atoms with van der Waals surface area (Å²) in [6.45, 7) is 5.43. The van der Waals surface area contributed by atoms with Gasteiger partial charge in [-0.2, -0.15) is 0 Å². The monoisotopic (exact) mass is 313 g/mol. The number of hydrogen-bond acceptors (Lipinski definition) is 5. The molecule has 0 fully saturated rings. The largest absolute Gasteiger partial charge is 0.481 e. The summed E-state index contributed by atoms with van der Waals surface area (Å²) in [4.78, 5) is 38.1. The van der Waals surface area contributed by atoms with Gasteiger partial charge in [0, 0.05) is 17.5 Å². The number of urea groups is 1. The fraction of sp³-hybridized carbons (Fsp3) is 0.538. The van der Waals surface area contributed by atoms with E-state index in [1.54, 1.807) is 13.8 Å². The smallest absolute Gasteiger partial charge is 0.321 e. The number of imide groups is 1. The van der Waals surface area contributed by atoms with Crippen LogP contribution in [0.15, 0.2) is 5.38 Å². The van der Waals surface area contributed by atoms with Gasteiger partial charge in [0.2, 0.25) is 5.91 Å². The van der Waals surface area contributed by atoms with Gasteiger partial charge in [-0.25, -0.2) is 9.78 Å². The fourth-order valence-corrected chi connectivity index (χ4v) is 2.47. The van der Waals surface area contributed by atoms with Crippen LogP contribution in [0.1, 0.15) is 37.4 Å². The SMILES string of the molecule is Cc1csc(CNC(=O)NC(=O)CC(C)(C)CC(=O)O)n1. The Kier molecular flexibility index (Phi) is 5.83. The molecular formula is C13H19N3O4S. The van der Waals surface area contributed by atoms with Gasteiger partial charge in [0.15, 0.2) is 0 Å². The zero-order chi connectivity index (χ0) is 16.0. The molecule has 0 atom stereocenters. The molecule has 1 rings (SSSR count).